The molecule has 0 saturated carbocycles. The Hall–Kier alpha value is -2.52. The third kappa shape index (κ3) is 5.93. The first-order valence-electron chi connectivity index (χ1n) is 9.68. The van der Waals surface area contributed by atoms with Gasteiger partial charge in [0.15, 0.2) is 5.76 Å². The number of carbonyl (C=O) groups excluding carboxylic acids is 1. The molecule has 8 nitrogen and oxygen atoms in total. The van der Waals surface area contributed by atoms with Crippen molar-refractivity contribution in [2.45, 2.75) is 6.61 Å². The number of fused-ring (bicyclic) bond motifs is 1. The summed E-state index contributed by atoms with van der Waals surface area (Å²) in [6.07, 6.45) is 1.54. The Morgan fingerprint density at radius 1 is 1.12 bits per heavy atom. The summed E-state index contributed by atoms with van der Waals surface area (Å²) >= 11 is 7.73. The Morgan fingerprint density at radius 3 is 2.50 bits per heavy atom. The van der Waals surface area contributed by atoms with Gasteiger partial charge in [-0.05, 0) is 105 Å². The molecular formula is C23H14BrI2N3O5. The number of nitrogens with zero attached hydrogens (tertiary/aromatic N) is 2. The van der Waals surface area contributed by atoms with Crippen LogP contribution in [-0.4, -0.2) is 17.0 Å². The van der Waals surface area contributed by atoms with Gasteiger partial charge in [-0.1, -0.05) is 15.9 Å². The lowest BCUT2D eigenvalue weighted by atomic mass is 10.2. The van der Waals surface area contributed by atoms with Crippen molar-refractivity contribution < 1.29 is 18.9 Å². The van der Waals surface area contributed by atoms with Crippen molar-refractivity contribution in [3.05, 3.63) is 99.3 Å². The Balaban J connectivity index is 1.39. The van der Waals surface area contributed by atoms with Gasteiger partial charge in [-0.3, -0.25) is 14.9 Å². The van der Waals surface area contributed by atoms with Crippen LogP contribution in [0.2, 0.25) is 0 Å². The topological polar surface area (TPSA) is 107 Å². The second-order valence-electron chi connectivity index (χ2n) is 7.02. The molecule has 0 radical (unpaired) electrons. The molecule has 4 aromatic rings. The zero-order chi connectivity index (χ0) is 24.2. The molecule has 0 saturated heterocycles. The number of non-ortho nitro benzene ring substituents is 1. The van der Waals surface area contributed by atoms with Crippen LogP contribution in [0.15, 0.2) is 74.7 Å². The quantitative estimate of drug-likeness (QED) is 0.0987. The van der Waals surface area contributed by atoms with Crippen LogP contribution >= 0.6 is 61.1 Å². The molecule has 1 heterocycles. The number of carbonyl (C=O) groups is 1. The molecule has 0 unspecified atom stereocenters. The molecule has 11 heteroatoms. The lowest BCUT2D eigenvalue weighted by Gasteiger charge is -2.11. The van der Waals surface area contributed by atoms with Crippen molar-refractivity contribution >= 4 is 89.9 Å². The molecule has 1 aromatic heterocycles. The van der Waals surface area contributed by atoms with E-state index in [1.54, 1.807) is 30.5 Å². The summed E-state index contributed by atoms with van der Waals surface area (Å²) in [5, 5.41) is 15.6. The van der Waals surface area contributed by atoms with Gasteiger partial charge >= 0.3 is 5.91 Å². The number of benzene rings is 3. The van der Waals surface area contributed by atoms with Gasteiger partial charge in [-0.25, -0.2) is 5.43 Å². The third-order valence-corrected chi connectivity index (χ3v) is 6.73. The van der Waals surface area contributed by atoms with E-state index < -0.39 is 10.8 Å². The number of halogens is 3. The molecule has 0 fully saturated rings. The van der Waals surface area contributed by atoms with E-state index in [0.717, 1.165) is 28.1 Å². The Morgan fingerprint density at radius 2 is 1.82 bits per heavy atom. The molecule has 0 bridgehead atoms. The molecule has 172 valence electrons. The first-order chi connectivity index (χ1) is 16.3. The summed E-state index contributed by atoms with van der Waals surface area (Å²) in [5.41, 5.74) is 4.74. The van der Waals surface area contributed by atoms with Crippen LogP contribution in [0.4, 0.5) is 5.69 Å². The van der Waals surface area contributed by atoms with Crippen LogP contribution in [-0.2, 0) is 6.61 Å². The van der Waals surface area contributed by atoms with E-state index in [2.05, 4.69) is 71.6 Å². The van der Waals surface area contributed by atoms with Gasteiger partial charge in [-0.2, -0.15) is 5.10 Å². The van der Waals surface area contributed by atoms with Crippen LogP contribution in [0, 0.1) is 17.3 Å². The van der Waals surface area contributed by atoms with Crippen molar-refractivity contribution in [1.82, 2.24) is 5.43 Å². The van der Waals surface area contributed by atoms with Crippen LogP contribution in [0.3, 0.4) is 0 Å². The number of ether oxygens (including phenoxy) is 1. The van der Waals surface area contributed by atoms with Gasteiger partial charge in [0, 0.05) is 22.0 Å². The van der Waals surface area contributed by atoms with E-state index in [-0.39, 0.29) is 18.1 Å². The molecule has 3 aromatic carbocycles. The minimum atomic E-state index is -0.448. The lowest BCUT2D eigenvalue weighted by molar-refractivity contribution is -0.384. The Labute approximate surface area is 229 Å². The summed E-state index contributed by atoms with van der Waals surface area (Å²) < 4.78 is 14.1. The molecule has 0 atom stereocenters. The molecule has 0 aliphatic heterocycles. The monoisotopic (exact) mass is 745 g/mol. The largest absolute Gasteiger partial charge is 0.487 e. The number of nitro benzene ring substituents is 1. The molecule has 0 spiro atoms. The van der Waals surface area contributed by atoms with Crippen molar-refractivity contribution in [3.8, 4) is 5.75 Å². The van der Waals surface area contributed by atoms with Crippen LogP contribution < -0.4 is 10.2 Å². The number of hydrogen-bond donors (Lipinski definition) is 1. The summed E-state index contributed by atoms with van der Waals surface area (Å²) in [7, 11) is 0. The van der Waals surface area contributed by atoms with Gasteiger partial charge in [0.2, 0.25) is 0 Å². The van der Waals surface area contributed by atoms with E-state index in [9.17, 15) is 14.9 Å². The minimum Gasteiger partial charge on any atom is -0.487 e. The summed E-state index contributed by atoms with van der Waals surface area (Å²) in [6, 6.07) is 17.2. The number of nitrogens with one attached hydrogen (secondary N) is 1. The third-order valence-electron chi connectivity index (χ3n) is 4.63. The van der Waals surface area contributed by atoms with E-state index in [1.165, 1.54) is 12.1 Å². The zero-order valence-corrected chi connectivity index (χ0v) is 23.0. The molecule has 4 rings (SSSR count). The summed E-state index contributed by atoms with van der Waals surface area (Å²) in [6.45, 7) is 0.279. The van der Waals surface area contributed by atoms with Crippen LogP contribution in [0.5, 0.6) is 5.75 Å². The van der Waals surface area contributed by atoms with E-state index >= 15 is 0 Å². The first-order valence-corrected chi connectivity index (χ1v) is 12.6. The molecule has 1 amide bonds. The molecule has 34 heavy (non-hydrogen) atoms. The molecule has 1 N–H and O–H groups in total. The lowest BCUT2D eigenvalue weighted by Crippen LogP contribution is -2.16. The Bertz CT molecular complexity index is 1400. The average molecular weight is 746 g/mol. The van der Waals surface area contributed by atoms with Gasteiger partial charge in [-0.15, -0.1) is 0 Å². The highest BCUT2D eigenvalue weighted by Gasteiger charge is 2.13. The van der Waals surface area contributed by atoms with Gasteiger partial charge in [0.25, 0.3) is 5.69 Å². The zero-order valence-electron chi connectivity index (χ0n) is 17.1. The fourth-order valence-electron chi connectivity index (χ4n) is 3.01. The maximum atomic E-state index is 12.4. The fraction of sp³-hybridized carbons (Fsp3) is 0.0435. The van der Waals surface area contributed by atoms with Gasteiger partial charge < -0.3 is 9.15 Å². The standard InChI is InChI=1S/C23H14BrI2N3O5/c24-16-3-6-20-15(9-16)10-21(34-20)23(30)28-27-11-14-7-18(25)22(19(26)8-14)33-12-13-1-4-17(5-2-13)29(31)32/h1-11H,12H2,(H,28,30)/b27-11+. The van der Waals surface area contributed by atoms with Crippen LogP contribution in [0.1, 0.15) is 21.7 Å². The van der Waals surface area contributed by atoms with E-state index in [4.69, 9.17) is 9.15 Å². The first kappa shape index (κ1) is 24.6. The molecule has 0 aliphatic carbocycles. The number of furan rings is 1. The number of hydrogen-bond acceptors (Lipinski definition) is 6. The van der Waals surface area contributed by atoms with Crippen molar-refractivity contribution in [3.63, 3.8) is 0 Å². The highest BCUT2D eigenvalue weighted by atomic mass is 127. The maximum absolute atomic E-state index is 12.4. The summed E-state index contributed by atoms with van der Waals surface area (Å²) in [5.74, 6) is 0.426. The molecular weight excluding hydrogens is 732 g/mol. The second-order valence-corrected chi connectivity index (χ2v) is 10.3. The average Bonchev–Trinajstić information content (AvgIpc) is 3.22. The van der Waals surface area contributed by atoms with Crippen LogP contribution in [0.25, 0.3) is 11.0 Å². The molecule has 0 aliphatic rings. The SMILES string of the molecule is O=C(N/N=C/c1cc(I)c(OCc2ccc([N+](=O)[O-])cc2)c(I)c1)c1cc2cc(Br)ccc2o1. The number of amides is 1. The maximum Gasteiger partial charge on any atom is 0.307 e. The Kier molecular flexibility index (Phi) is 7.83. The highest BCUT2D eigenvalue weighted by Crippen LogP contribution is 2.29. The number of hydrazone groups is 1. The van der Waals surface area contributed by atoms with Crippen molar-refractivity contribution in [2.24, 2.45) is 5.10 Å². The predicted molar refractivity (Wildman–Crippen MR) is 148 cm³/mol. The minimum absolute atomic E-state index is 0.0389. The van der Waals surface area contributed by atoms with Gasteiger partial charge in [0.1, 0.15) is 17.9 Å². The number of nitro groups is 1. The van der Waals surface area contributed by atoms with E-state index in [1.807, 2.05) is 24.3 Å². The van der Waals surface area contributed by atoms with Crippen molar-refractivity contribution in [1.29, 1.82) is 0 Å². The van der Waals surface area contributed by atoms with Gasteiger partial charge in [0.05, 0.1) is 18.3 Å². The number of rotatable bonds is 7. The van der Waals surface area contributed by atoms with E-state index in [0.29, 0.717) is 11.3 Å². The predicted octanol–water partition coefficient (Wildman–Crippen LogP) is 6.66. The normalized spacial score (nSPS) is 11.1. The van der Waals surface area contributed by atoms with Crippen molar-refractivity contribution in [2.75, 3.05) is 0 Å². The second kappa shape index (κ2) is 10.8. The fourth-order valence-corrected chi connectivity index (χ4v) is 5.51. The summed E-state index contributed by atoms with van der Waals surface area (Å²) in [4.78, 5) is 22.7. The smallest absolute Gasteiger partial charge is 0.307 e. The highest BCUT2D eigenvalue weighted by molar-refractivity contribution is 14.1.